The SMILES string of the molecule is CCCCn1cc[n+](Cn2nnc3ccccc32)c1. The molecule has 0 spiro atoms. The van der Waals surface area contributed by atoms with Crippen LogP contribution in [-0.4, -0.2) is 19.6 Å². The Kier molecular flexibility index (Phi) is 3.27. The van der Waals surface area contributed by atoms with E-state index in [-0.39, 0.29) is 0 Å². The zero-order valence-electron chi connectivity index (χ0n) is 11.1. The zero-order valence-corrected chi connectivity index (χ0v) is 11.1. The fourth-order valence-electron chi connectivity index (χ4n) is 2.17. The van der Waals surface area contributed by atoms with Crippen molar-refractivity contribution in [1.29, 1.82) is 0 Å². The minimum absolute atomic E-state index is 0.694. The Morgan fingerprint density at radius 1 is 1.26 bits per heavy atom. The number of hydrogen-bond donors (Lipinski definition) is 0. The molecule has 0 amide bonds. The summed E-state index contributed by atoms with van der Waals surface area (Å²) in [5.74, 6) is 0. The average molecular weight is 256 g/mol. The number of rotatable bonds is 5. The van der Waals surface area contributed by atoms with Gasteiger partial charge in [0.25, 0.3) is 0 Å². The van der Waals surface area contributed by atoms with E-state index >= 15 is 0 Å². The number of aryl methyl sites for hydroxylation is 1. The fraction of sp³-hybridized carbons (Fsp3) is 0.357. The molecule has 0 aliphatic rings. The van der Waals surface area contributed by atoms with Crippen LogP contribution in [0, 0.1) is 0 Å². The lowest BCUT2D eigenvalue weighted by Gasteiger charge is -1.98. The Balaban J connectivity index is 1.79. The minimum Gasteiger partial charge on any atom is -0.237 e. The number of fused-ring (bicyclic) bond motifs is 1. The van der Waals surface area contributed by atoms with Crippen LogP contribution in [0.1, 0.15) is 19.8 Å². The number of imidazole rings is 1. The van der Waals surface area contributed by atoms with E-state index in [1.54, 1.807) is 0 Å². The van der Waals surface area contributed by atoms with Gasteiger partial charge in [0.15, 0.2) is 6.67 Å². The first-order valence-corrected chi connectivity index (χ1v) is 6.70. The molecule has 0 atom stereocenters. The lowest BCUT2D eigenvalue weighted by atomic mass is 10.3. The van der Waals surface area contributed by atoms with Crippen LogP contribution in [0.3, 0.4) is 0 Å². The highest BCUT2D eigenvalue weighted by molar-refractivity contribution is 5.73. The molecule has 2 heterocycles. The summed E-state index contributed by atoms with van der Waals surface area (Å²) in [4.78, 5) is 0. The summed E-state index contributed by atoms with van der Waals surface area (Å²) in [7, 11) is 0. The smallest absolute Gasteiger partial charge is 0.237 e. The molecular formula is C14H18N5+. The van der Waals surface area contributed by atoms with E-state index in [2.05, 4.69) is 45.1 Å². The van der Waals surface area contributed by atoms with Gasteiger partial charge in [0, 0.05) is 0 Å². The van der Waals surface area contributed by atoms with Crippen molar-refractivity contribution in [3.05, 3.63) is 43.0 Å². The number of unbranched alkanes of at least 4 members (excludes halogenated alkanes) is 1. The van der Waals surface area contributed by atoms with Gasteiger partial charge in [-0.25, -0.2) is 13.8 Å². The third-order valence-corrected chi connectivity index (χ3v) is 3.23. The lowest BCUT2D eigenvalue weighted by molar-refractivity contribution is -0.701. The van der Waals surface area contributed by atoms with E-state index in [0.717, 1.165) is 17.6 Å². The van der Waals surface area contributed by atoms with Gasteiger partial charge in [-0.1, -0.05) is 30.7 Å². The van der Waals surface area contributed by atoms with Crippen LogP contribution >= 0.6 is 0 Å². The molecule has 5 heteroatoms. The van der Waals surface area contributed by atoms with Gasteiger partial charge in [0.2, 0.25) is 6.33 Å². The molecule has 98 valence electrons. The predicted octanol–water partition coefficient (Wildman–Crippen LogP) is 1.83. The molecule has 3 rings (SSSR count). The first-order chi connectivity index (χ1) is 9.36. The van der Waals surface area contributed by atoms with E-state index in [4.69, 9.17) is 0 Å². The Labute approximate surface area is 112 Å². The summed E-state index contributed by atoms with van der Waals surface area (Å²) in [6.45, 7) is 3.97. The van der Waals surface area contributed by atoms with E-state index in [1.165, 1.54) is 12.8 Å². The third-order valence-electron chi connectivity index (χ3n) is 3.23. The molecule has 0 saturated heterocycles. The highest BCUT2D eigenvalue weighted by atomic mass is 15.5. The van der Waals surface area contributed by atoms with Gasteiger partial charge in [-0.15, -0.1) is 5.10 Å². The highest BCUT2D eigenvalue weighted by Crippen LogP contribution is 2.08. The molecule has 1 aromatic carbocycles. The van der Waals surface area contributed by atoms with E-state index in [0.29, 0.717) is 6.67 Å². The predicted molar refractivity (Wildman–Crippen MR) is 72.5 cm³/mol. The van der Waals surface area contributed by atoms with Crippen LogP contribution in [0.25, 0.3) is 11.0 Å². The zero-order chi connectivity index (χ0) is 13.1. The van der Waals surface area contributed by atoms with Crippen molar-refractivity contribution in [3.63, 3.8) is 0 Å². The Hall–Kier alpha value is -2.17. The molecule has 0 saturated carbocycles. The maximum absolute atomic E-state index is 4.20. The second-order valence-corrected chi connectivity index (χ2v) is 4.74. The van der Waals surface area contributed by atoms with Gasteiger partial charge in [-0.3, -0.25) is 0 Å². The number of nitrogens with zero attached hydrogens (tertiary/aromatic N) is 5. The Bertz CT molecular complexity index is 667. The van der Waals surface area contributed by atoms with Crippen LogP contribution in [-0.2, 0) is 13.2 Å². The quantitative estimate of drug-likeness (QED) is 0.653. The van der Waals surface area contributed by atoms with Crippen molar-refractivity contribution >= 4 is 11.0 Å². The Morgan fingerprint density at radius 2 is 2.16 bits per heavy atom. The monoisotopic (exact) mass is 256 g/mol. The van der Waals surface area contributed by atoms with Crippen LogP contribution in [0.5, 0.6) is 0 Å². The van der Waals surface area contributed by atoms with Gasteiger partial charge in [-0.05, 0) is 18.6 Å². The lowest BCUT2D eigenvalue weighted by Crippen LogP contribution is -2.35. The molecule has 0 fully saturated rings. The van der Waals surface area contributed by atoms with E-state index in [9.17, 15) is 0 Å². The Morgan fingerprint density at radius 3 is 3.05 bits per heavy atom. The second-order valence-electron chi connectivity index (χ2n) is 4.74. The maximum Gasteiger partial charge on any atom is 0.245 e. The topological polar surface area (TPSA) is 39.5 Å². The standard InChI is InChI=1S/C14H18N5/c1-2-3-8-17-9-10-18(11-17)12-19-14-7-5-4-6-13(14)15-16-19/h4-7,9-11H,2-3,8,12H2,1H3/q+1. The van der Waals surface area contributed by atoms with Crippen LogP contribution in [0.15, 0.2) is 43.0 Å². The highest BCUT2D eigenvalue weighted by Gasteiger charge is 2.08. The molecular weight excluding hydrogens is 238 g/mol. The van der Waals surface area contributed by atoms with E-state index in [1.807, 2.05) is 28.9 Å². The van der Waals surface area contributed by atoms with Crippen LogP contribution < -0.4 is 4.57 Å². The van der Waals surface area contributed by atoms with Gasteiger partial charge >= 0.3 is 0 Å². The van der Waals surface area contributed by atoms with Crippen molar-refractivity contribution in [2.24, 2.45) is 0 Å². The summed E-state index contributed by atoms with van der Waals surface area (Å²) in [6.07, 6.45) is 8.72. The molecule has 19 heavy (non-hydrogen) atoms. The molecule has 0 N–H and O–H groups in total. The van der Waals surface area contributed by atoms with Gasteiger partial charge in [0.05, 0.1) is 12.1 Å². The summed E-state index contributed by atoms with van der Waals surface area (Å²) in [6, 6.07) is 8.02. The van der Waals surface area contributed by atoms with Crippen LogP contribution in [0.2, 0.25) is 0 Å². The van der Waals surface area contributed by atoms with Gasteiger partial charge < -0.3 is 0 Å². The third kappa shape index (κ3) is 2.50. The molecule has 0 bridgehead atoms. The number of benzene rings is 1. The molecule has 0 aliphatic heterocycles. The number of hydrogen-bond acceptors (Lipinski definition) is 2. The molecule has 3 aromatic rings. The average Bonchev–Trinajstić information content (AvgIpc) is 3.05. The fourth-order valence-corrected chi connectivity index (χ4v) is 2.17. The van der Waals surface area contributed by atoms with Gasteiger partial charge in [-0.2, -0.15) is 0 Å². The summed E-state index contributed by atoms with van der Waals surface area (Å²) in [5, 5.41) is 8.36. The molecule has 0 unspecified atom stereocenters. The van der Waals surface area contributed by atoms with Crippen molar-refractivity contribution < 1.29 is 4.57 Å². The second kappa shape index (κ2) is 5.22. The first kappa shape index (κ1) is 11.9. The molecule has 5 nitrogen and oxygen atoms in total. The van der Waals surface area contributed by atoms with Gasteiger partial charge in [0.1, 0.15) is 17.9 Å². The van der Waals surface area contributed by atoms with Crippen molar-refractivity contribution in [2.45, 2.75) is 33.0 Å². The molecule has 0 aliphatic carbocycles. The molecule has 0 radical (unpaired) electrons. The van der Waals surface area contributed by atoms with Crippen molar-refractivity contribution in [1.82, 2.24) is 19.6 Å². The maximum atomic E-state index is 4.20. The normalized spacial score (nSPS) is 11.2. The minimum atomic E-state index is 0.694. The summed E-state index contributed by atoms with van der Waals surface area (Å²) < 4.78 is 6.25. The van der Waals surface area contributed by atoms with Crippen molar-refractivity contribution in [2.75, 3.05) is 0 Å². The number of para-hydroxylation sites is 1. The summed E-state index contributed by atoms with van der Waals surface area (Å²) >= 11 is 0. The first-order valence-electron chi connectivity index (χ1n) is 6.70. The largest absolute Gasteiger partial charge is 0.245 e. The van der Waals surface area contributed by atoms with Crippen LogP contribution in [0.4, 0.5) is 0 Å². The summed E-state index contributed by atoms with van der Waals surface area (Å²) in [5.41, 5.74) is 2.00. The molecule has 2 aromatic heterocycles. The van der Waals surface area contributed by atoms with E-state index < -0.39 is 0 Å². The van der Waals surface area contributed by atoms with Crippen molar-refractivity contribution in [3.8, 4) is 0 Å². The number of aromatic nitrogens is 5.